The summed E-state index contributed by atoms with van der Waals surface area (Å²) >= 11 is 0. The largest absolute Gasteiger partial charge is 0.508 e. The van der Waals surface area contributed by atoms with Gasteiger partial charge in [-0.25, -0.2) is 4.39 Å². The number of hydrogen-bond donors (Lipinski definition) is 6. The second-order valence-corrected chi connectivity index (χ2v) is 8.80. The van der Waals surface area contributed by atoms with E-state index in [1.54, 1.807) is 0 Å². The molecule has 34 heavy (non-hydrogen) atoms. The van der Waals surface area contributed by atoms with Crippen molar-refractivity contribution in [3.05, 3.63) is 39.9 Å². The van der Waals surface area contributed by atoms with E-state index >= 15 is 0 Å². The van der Waals surface area contributed by atoms with E-state index in [9.17, 15) is 44.0 Å². The van der Waals surface area contributed by atoms with Gasteiger partial charge in [0.15, 0.2) is 22.9 Å². The molecule has 0 spiro atoms. The Bertz CT molecular complexity index is 1250. The summed E-state index contributed by atoms with van der Waals surface area (Å²) in [5, 5.41) is 48.7. The second kappa shape index (κ2) is 7.74. The molecule has 0 radical (unpaired) electrons. The van der Waals surface area contributed by atoms with Crippen LogP contribution < -0.4 is 10.6 Å². The lowest BCUT2D eigenvalue weighted by Crippen LogP contribution is -2.65. The zero-order chi connectivity index (χ0) is 25.3. The number of anilines is 1. The Balaban J connectivity index is 1.96. The number of carbonyl (C=O) groups is 4. The molecular weight excluding hydrogens is 451 g/mol. The molecule has 180 valence electrons. The first-order chi connectivity index (χ1) is 15.9. The van der Waals surface area contributed by atoms with Crippen LogP contribution in [0.1, 0.15) is 31.4 Å². The van der Waals surface area contributed by atoms with E-state index in [1.165, 1.54) is 7.05 Å². The van der Waals surface area contributed by atoms with Crippen molar-refractivity contribution in [2.24, 2.45) is 11.8 Å². The number of aliphatic hydroxyl groups excluding tert-OH is 2. The molecular formula is C23H23FN2O8. The first kappa shape index (κ1) is 23.6. The summed E-state index contributed by atoms with van der Waals surface area (Å²) in [5.74, 6) is -8.91. The lowest BCUT2D eigenvalue weighted by molar-refractivity contribution is -0.150. The number of nitrogens with one attached hydrogen (secondary N) is 2. The van der Waals surface area contributed by atoms with Gasteiger partial charge in [0, 0.05) is 30.0 Å². The van der Waals surface area contributed by atoms with E-state index in [2.05, 4.69) is 10.6 Å². The number of aliphatic hydroxyl groups is 3. The number of ketones is 3. The molecule has 3 aliphatic rings. The van der Waals surface area contributed by atoms with Gasteiger partial charge >= 0.3 is 0 Å². The third-order valence-electron chi connectivity index (χ3n) is 6.87. The molecule has 0 saturated heterocycles. The Morgan fingerprint density at radius 1 is 1.18 bits per heavy atom. The Kier molecular flexibility index (Phi) is 5.37. The molecule has 1 aromatic carbocycles. The maximum absolute atomic E-state index is 14.9. The molecule has 0 heterocycles. The van der Waals surface area contributed by atoms with Crippen molar-refractivity contribution in [1.82, 2.24) is 5.32 Å². The quantitative estimate of drug-likeness (QED) is 0.274. The number of phenols is 1. The van der Waals surface area contributed by atoms with Gasteiger partial charge in [-0.1, -0.05) is 0 Å². The van der Waals surface area contributed by atoms with Crippen LogP contribution >= 0.6 is 0 Å². The predicted octanol–water partition coefficient (Wildman–Crippen LogP) is 0.823. The predicted molar refractivity (Wildman–Crippen MR) is 115 cm³/mol. The van der Waals surface area contributed by atoms with Gasteiger partial charge in [-0.15, -0.1) is 0 Å². The highest BCUT2D eigenvalue weighted by Gasteiger charge is 2.63. The molecule has 6 N–H and O–H groups in total. The van der Waals surface area contributed by atoms with Gasteiger partial charge in [0.25, 0.3) is 0 Å². The third kappa shape index (κ3) is 3.00. The van der Waals surface area contributed by atoms with Gasteiger partial charge in [-0.3, -0.25) is 19.2 Å². The monoisotopic (exact) mass is 474 g/mol. The number of hydrogen-bond acceptors (Lipinski definition) is 9. The smallest absolute Gasteiger partial charge is 0.221 e. The number of carbonyl (C=O) groups excluding carboxylic acids is 4. The maximum atomic E-state index is 14.9. The number of benzene rings is 1. The fourth-order valence-corrected chi connectivity index (χ4v) is 5.42. The van der Waals surface area contributed by atoms with E-state index in [0.717, 1.165) is 19.9 Å². The molecule has 10 nitrogen and oxygen atoms in total. The summed E-state index contributed by atoms with van der Waals surface area (Å²) in [6, 6.07) is -0.308. The van der Waals surface area contributed by atoms with Crippen molar-refractivity contribution in [2.75, 3.05) is 12.4 Å². The van der Waals surface area contributed by atoms with Crippen LogP contribution in [0.3, 0.4) is 0 Å². The first-order valence-corrected chi connectivity index (χ1v) is 10.5. The summed E-state index contributed by atoms with van der Waals surface area (Å²) in [5.41, 5.74) is -4.65. The Morgan fingerprint density at radius 2 is 1.82 bits per heavy atom. The van der Waals surface area contributed by atoms with Crippen molar-refractivity contribution in [3.63, 3.8) is 0 Å². The van der Waals surface area contributed by atoms with E-state index < -0.39 is 81.0 Å². The average Bonchev–Trinajstić information content (AvgIpc) is 2.74. The fourth-order valence-electron chi connectivity index (χ4n) is 5.42. The lowest BCUT2D eigenvalue weighted by Gasteiger charge is -2.49. The number of likely N-dealkylation sites (N-methyl/N-ethyl adjacent to an activating group) is 1. The van der Waals surface area contributed by atoms with Crippen molar-refractivity contribution >= 4 is 34.7 Å². The summed E-state index contributed by atoms with van der Waals surface area (Å²) < 4.78 is 14.9. The van der Waals surface area contributed by atoms with Crippen molar-refractivity contribution in [2.45, 2.75) is 38.3 Å². The van der Waals surface area contributed by atoms with Gasteiger partial charge in [-0.05, 0) is 32.7 Å². The lowest BCUT2D eigenvalue weighted by atomic mass is 9.57. The van der Waals surface area contributed by atoms with E-state index in [0.29, 0.717) is 0 Å². The normalized spacial score (nSPS) is 28.3. The van der Waals surface area contributed by atoms with Crippen LogP contribution in [0.5, 0.6) is 5.75 Å². The van der Waals surface area contributed by atoms with Crippen LogP contribution in [-0.4, -0.2) is 62.4 Å². The number of halogens is 1. The van der Waals surface area contributed by atoms with Crippen LogP contribution in [0.2, 0.25) is 0 Å². The maximum Gasteiger partial charge on any atom is 0.221 e. The minimum atomic E-state index is -2.71. The van der Waals surface area contributed by atoms with E-state index in [4.69, 9.17) is 0 Å². The summed E-state index contributed by atoms with van der Waals surface area (Å²) in [6.07, 6.45) is -0.289. The van der Waals surface area contributed by atoms with Gasteiger partial charge < -0.3 is 31.1 Å². The molecule has 4 rings (SSSR count). The molecule has 0 unspecified atom stereocenters. The standard InChI is InChI=1S/C23H23FN2O8/c1-7(27)14-20(31)17(25-3)11-5-9-4-10-12(24)6-13(26-8(2)28)18(29)16(10)19(30)15(9)22(33)23(11,34)21(14)32/h6,9,11,17,25,29-30,32,34H,4-5H2,1-3H3,(H,26,28)/t9-,11-,17-,23+/m0/s1. The summed E-state index contributed by atoms with van der Waals surface area (Å²) in [6.45, 7) is 2.14. The van der Waals surface area contributed by atoms with Gasteiger partial charge in [-0.2, -0.15) is 0 Å². The van der Waals surface area contributed by atoms with Crippen LogP contribution in [0, 0.1) is 17.7 Å². The molecule has 1 fully saturated rings. The van der Waals surface area contributed by atoms with Crippen LogP contribution in [0.4, 0.5) is 10.1 Å². The van der Waals surface area contributed by atoms with Crippen LogP contribution in [0.25, 0.3) is 5.76 Å². The van der Waals surface area contributed by atoms with Crippen molar-refractivity contribution < 1.29 is 44.0 Å². The van der Waals surface area contributed by atoms with Gasteiger partial charge in [0.2, 0.25) is 11.7 Å². The second-order valence-electron chi connectivity index (χ2n) is 8.80. The molecule has 1 amide bonds. The average molecular weight is 474 g/mol. The number of fused-ring (bicyclic) bond motifs is 3. The van der Waals surface area contributed by atoms with Crippen molar-refractivity contribution in [3.8, 4) is 5.75 Å². The highest BCUT2D eigenvalue weighted by Crippen LogP contribution is 2.53. The molecule has 4 atom stereocenters. The number of phenolic OH excluding ortho intramolecular Hbond substituents is 1. The zero-order valence-corrected chi connectivity index (χ0v) is 18.5. The number of amides is 1. The van der Waals surface area contributed by atoms with E-state index in [-0.39, 0.29) is 29.7 Å². The Morgan fingerprint density at radius 3 is 2.38 bits per heavy atom. The number of aromatic hydroxyl groups is 1. The molecule has 0 aliphatic heterocycles. The molecule has 1 aromatic rings. The minimum Gasteiger partial charge on any atom is -0.508 e. The molecule has 0 aromatic heterocycles. The molecule has 3 aliphatic carbocycles. The van der Waals surface area contributed by atoms with Crippen LogP contribution in [-0.2, 0) is 25.6 Å². The molecule has 0 bridgehead atoms. The minimum absolute atomic E-state index is 0.108. The topological polar surface area (TPSA) is 173 Å². The Labute approximate surface area is 192 Å². The summed E-state index contributed by atoms with van der Waals surface area (Å²) in [7, 11) is 1.40. The van der Waals surface area contributed by atoms with Gasteiger partial charge in [0.1, 0.15) is 22.9 Å². The summed E-state index contributed by atoms with van der Waals surface area (Å²) in [4.78, 5) is 49.9. The highest BCUT2D eigenvalue weighted by molar-refractivity contribution is 6.25. The van der Waals surface area contributed by atoms with E-state index in [1.807, 2.05) is 0 Å². The van der Waals surface area contributed by atoms with Crippen LogP contribution in [0.15, 0.2) is 23.0 Å². The number of rotatable bonds is 3. The third-order valence-corrected chi connectivity index (χ3v) is 6.87. The number of Topliss-reactive ketones (excluding diaryl/α,β-unsaturated/α-hetero) is 3. The SMILES string of the molecule is CN[C@@H]1C(=O)C(C(C)=O)=C(O)[C@@]2(O)C(=O)C3=C(O)c4c(O)c(NC(C)=O)cc(F)c4C[C@H]3C[C@@H]12. The first-order valence-electron chi connectivity index (χ1n) is 10.5. The fraction of sp³-hybridized carbons (Fsp3) is 0.391. The molecule has 11 heteroatoms. The van der Waals surface area contributed by atoms with Gasteiger partial charge in [0.05, 0.1) is 17.3 Å². The zero-order valence-electron chi connectivity index (χ0n) is 18.5. The highest BCUT2D eigenvalue weighted by atomic mass is 19.1. The molecule has 1 saturated carbocycles. The van der Waals surface area contributed by atoms with Crippen molar-refractivity contribution in [1.29, 1.82) is 0 Å². The Hall–Kier alpha value is -3.57.